The van der Waals surface area contributed by atoms with Crippen LogP contribution >= 0.6 is 0 Å². The summed E-state index contributed by atoms with van der Waals surface area (Å²) in [6.45, 7) is 0.788. The van der Waals surface area contributed by atoms with E-state index in [2.05, 4.69) is 15.6 Å². The lowest BCUT2D eigenvalue weighted by Gasteiger charge is -2.44. The summed E-state index contributed by atoms with van der Waals surface area (Å²) in [6.07, 6.45) is 3.48. The molecule has 0 radical (unpaired) electrons. The number of fused-ring (bicyclic) bond motifs is 2. The molecule has 2 fully saturated rings. The minimum atomic E-state index is -1.21. The Morgan fingerprint density at radius 2 is 1.66 bits per heavy atom. The summed E-state index contributed by atoms with van der Waals surface area (Å²) in [5.74, 6) is -0.556. The normalized spacial score (nSPS) is 21.3. The number of ether oxygens (including phenoxy) is 1. The van der Waals surface area contributed by atoms with Gasteiger partial charge in [0.2, 0.25) is 11.6 Å². The highest BCUT2D eigenvalue weighted by molar-refractivity contribution is 6.04. The number of rotatable bonds is 4. The SMILES string of the molecule is O=C(Nc1cccc2cnccc12)C1CNCC2C(=O)OC(c3ccccc3)(c3ccccc3)N12. The third kappa shape index (κ3) is 3.48. The molecule has 2 saturated heterocycles. The summed E-state index contributed by atoms with van der Waals surface area (Å²) in [5, 5.41) is 8.22. The van der Waals surface area contributed by atoms with E-state index >= 15 is 0 Å². The Bertz CT molecular complexity index is 1350. The molecule has 1 aromatic heterocycles. The maximum absolute atomic E-state index is 13.8. The second kappa shape index (κ2) is 8.61. The Balaban J connectivity index is 1.45. The van der Waals surface area contributed by atoms with Crippen molar-refractivity contribution in [2.45, 2.75) is 17.8 Å². The van der Waals surface area contributed by atoms with Gasteiger partial charge < -0.3 is 15.4 Å². The molecule has 2 unspecified atom stereocenters. The Labute approximate surface area is 202 Å². The molecule has 174 valence electrons. The van der Waals surface area contributed by atoms with Crippen molar-refractivity contribution in [2.24, 2.45) is 0 Å². The molecule has 3 aromatic carbocycles. The van der Waals surface area contributed by atoms with Gasteiger partial charge in [0.15, 0.2) is 0 Å². The van der Waals surface area contributed by atoms with Crippen molar-refractivity contribution in [1.29, 1.82) is 0 Å². The molecular weight excluding hydrogens is 440 g/mol. The summed E-state index contributed by atoms with van der Waals surface area (Å²) in [4.78, 5) is 33.2. The summed E-state index contributed by atoms with van der Waals surface area (Å²) in [7, 11) is 0. The first kappa shape index (κ1) is 21.5. The van der Waals surface area contributed by atoms with E-state index in [0.717, 1.165) is 21.9 Å². The summed E-state index contributed by atoms with van der Waals surface area (Å²) >= 11 is 0. The molecule has 2 aliphatic heterocycles. The van der Waals surface area contributed by atoms with Gasteiger partial charge in [0, 0.05) is 53.1 Å². The number of nitrogens with zero attached hydrogens (tertiary/aromatic N) is 2. The average Bonchev–Trinajstić information content (AvgIpc) is 3.23. The number of hydrogen-bond donors (Lipinski definition) is 2. The molecule has 6 rings (SSSR count). The first-order valence-electron chi connectivity index (χ1n) is 11.6. The second-order valence-corrected chi connectivity index (χ2v) is 8.79. The Hall–Kier alpha value is -4.07. The van der Waals surface area contributed by atoms with Gasteiger partial charge in [-0.2, -0.15) is 0 Å². The minimum Gasteiger partial charge on any atom is -0.434 e. The Morgan fingerprint density at radius 1 is 0.943 bits per heavy atom. The van der Waals surface area contributed by atoms with Crippen LogP contribution in [0.4, 0.5) is 5.69 Å². The van der Waals surface area contributed by atoms with E-state index in [1.54, 1.807) is 12.4 Å². The zero-order valence-electron chi connectivity index (χ0n) is 18.9. The molecule has 2 aliphatic rings. The number of piperazine rings is 1. The molecule has 0 saturated carbocycles. The smallest absolute Gasteiger partial charge is 0.327 e. The van der Waals surface area contributed by atoms with Crippen molar-refractivity contribution in [1.82, 2.24) is 15.2 Å². The Morgan fingerprint density at radius 3 is 2.37 bits per heavy atom. The van der Waals surface area contributed by atoms with Crippen LogP contribution in [0.2, 0.25) is 0 Å². The van der Waals surface area contributed by atoms with Gasteiger partial charge in [-0.15, -0.1) is 0 Å². The topological polar surface area (TPSA) is 83.6 Å². The van der Waals surface area contributed by atoms with Crippen LogP contribution in [0, 0.1) is 0 Å². The van der Waals surface area contributed by atoms with Crippen LogP contribution in [-0.2, 0) is 20.1 Å². The van der Waals surface area contributed by atoms with Crippen LogP contribution in [0.25, 0.3) is 10.8 Å². The fourth-order valence-corrected chi connectivity index (χ4v) is 5.25. The van der Waals surface area contributed by atoms with E-state index in [0.29, 0.717) is 18.8 Å². The number of nitrogens with one attached hydrogen (secondary N) is 2. The van der Waals surface area contributed by atoms with Gasteiger partial charge >= 0.3 is 5.97 Å². The fraction of sp³-hybridized carbons (Fsp3) is 0.179. The predicted molar refractivity (Wildman–Crippen MR) is 132 cm³/mol. The molecule has 7 nitrogen and oxygen atoms in total. The van der Waals surface area contributed by atoms with Crippen LogP contribution in [-0.4, -0.2) is 46.9 Å². The number of amides is 1. The molecule has 7 heteroatoms. The van der Waals surface area contributed by atoms with Crippen LogP contribution in [0.15, 0.2) is 97.3 Å². The molecule has 4 aromatic rings. The lowest BCUT2D eigenvalue weighted by molar-refractivity contribution is -0.152. The summed E-state index contributed by atoms with van der Waals surface area (Å²) in [6, 6.07) is 25.6. The number of pyridine rings is 1. The van der Waals surface area contributed by atoms with Gasteiger partial charge in [-0.05, 0) is 12.1 Å². The number of cyclic esters (lactones) is 1. The lowest BCUT2D eigenvalue weighted by atomic mass is 9.90. The number of benzene rings is 3. The number of anilines is 1. The maximum Gasteiger partial charge on any atom is 0.327 e. The van der Waals surface area contributed by atoms with Crippen molar-refractivity contribution < 1.29 is 14.3 Å². The lowest BCUT2D eigenvalue weighted by Crippen LogP contribution is -2.65. The zero-order chi connectivity index (χ0) is 23.8. The van der Waals surface area contributed by atoms with Crippen molar-refractivity contribution in [3.8, 4) is 0 Å². The molecule has 0 spiro atoms. The highest BCUT2D eigenvalue weighted by Gasteiger charge is 2.60. The van der Waals surface area contributed by atoms with Crippen molar-refractivity contribution in [3.05, 3.63) is 108 Å². The number of esters is 1. The zero-order valence-corrected chi connectivity index (χ0v) is 18.9. The number of hydrogen-bond acceptors (Lipinski definition) is 6. The monoisotopic (exact) mass is 464 g/mol. The predicted octanol–water partition coefficient (Wildman–Crippen LogP) is 3.27. The maximum atomic E-state index is 13.8. The van der Waals surface area contributed by atoms with Gasteiger partial charge in [0.05, 0.1) is 0 Å². The molecule has 2 atom stereocenters. The number of carbonyl (C=O) groups excluding carboxylic acids is 2. The van der Waals surface area contributed by atoms with Crippen LogP contribution in [0.1, 0.15) is 11.1 Å². The molecule has 0 aliphatic carbocycles. The van der Waals surface area contributed by atoms with E-state index in [4.69, 9.17) is 4.74 Å². The minimum absolute atomic E-state index is 0.207. The Kier molecular flexibility index (Phi) is 5.28. The van der Waals surface area contributed by atoms with Gasteiger partial charge in [0.1, 0.15) is 12.1 Å². The highest BCUT2D eigenvalue weighted by Crippen LogP contribution is 2.45. The van der Waals surface area contributed by atoms with E-state index < -0.39 is 17.8 Å². The first-order valence-corrected chi connectivity index (χ1v) is 11.6. The molecule has 1 amide bonds. The van der Waals surface area contributed by atoms with Crippen LogP contribution in [0.5, 0.6) is 0 Å². The van der Waals surface area contributed by atoms with Gasteiger partial charge in [-0.25, -0.2) is 4.90 Å². The van der Waals surface area contributed by atoms with Crippen molar-refractivity contribution >= 4 is 28.3 Å². The highest BCUT2D eigenvalue weighted by atomic mass is 16.6. The molecule has 3 heterocycles. The molecule has 0 bridgehead atoms. The second-order valence-electron chi connectivity index (χ2n) is 8.79. The first-order chi connectivity index (χ1) is 17.2. The van der Waals surface area contributed by atoms with E-state index in [1.165, 1.54) is 0 Å². The molecular formula is C28H24N4O3. The average molecular weight is 465 g/mol. The third-order valence-electron chi connectivity index (χ3n) is 6.80. The molecule has 2 N–H and O–H groups in total. The van der Waals surface area contributed by atoms with Crippen molar-refractivity contribution in [2.75, 3.05) is 18.4 Å². The fourth-order valence-electron chi connectivity index (χ4n) is 5.25. The van der Waals surface area contributed by atoms with E-state index in [1.807, 2.05) is 89.8 Å². The van der Waals surface area contributed by atoms with Gasteiger partial charge in [-0.3, -0.25) is 14.6 Å². The van der Waals surface area contributed by atoms with Crippen LogP contribution < -0.4 is 10.6 Å². The van der Waals surface area contributed by atoms with Crippen LogP contribution in [0.3, 0.4) is 0 Å². The summed E-state index contributed by atoms with van der Waals surface area (Å²) in [5.41, 5.74) is 1.10. The largest absolute Gasteiger partial charge is 0.434 e. The third-order valence-corrected chi connectivity index (χ3v) is 6.80. The van der Waals surface area contributed by atoms with E-state index in [9.17, 15) is 9.59 Å². The standard InChI is InChI=1S/C28H24N4O3/c33-26(31-23-13-7-8-19-16-29-15-14-22(19)23)24-17-30-18-25-27(34)35-28(32(24)25,20-9-3-1-4-10-20)21-11-5-2-6-12-21/h1-16,24-25,30H,17-18H2,(H,31,33). The summed E-state index contributed by atoms with van der Waals surface area (Å²) < 4.78 is 6.23. The van der Waals surface area contributed by atoms with E-state index in [-0.39, 0.29) is 11.9 Å². The number of aromatic nitrogens is 1. The quantitative estimate of drug-likeness (QED) is 0.451. The van der Waals surface area contributed by atoms with Gasteiger partial charge in [-0.1, -0.05) is 72.8 Å². The number of carbonyl (C=O) groups is 2. The van der Waals surface area contributed by atoms with Gasteiger partial charge in [0.25, 0.3) is 0 Å². The molecule has 35 heavy (non-hydrogen) atoms. The van der Waals surface area contributed by atoms with Crippen molar-refractivity contribution in [3.63, 3.8) is 0 Å².